The van der Waals surface area contributed by atoms with E-state index in [-0.39, 0.29) is 5.54 Å². The molecule has 1 nitrogen and oxygen atoms in total. The molecule has 0 aromatic heterocycles. The number of unbranched alkanes of at least 4 members (excludes halogenated alkanes) is 5. The molecule has 1 aliphatic rings. The second-order valence-electron chi connectivity index (χ2n) is 5.37. The topological polar surface area (TPSA) is 3.24 Å². The summed E-state index contributed by atoms with van der Waals surface area (Å²) in [4.78, 5) is 2.51. The lowest BCUT2D eigenvalue weighted by molar-refractivity contribution is 0.202. The highest BCUT2D eigenvalue weighted by Crippen LogP contribution is 2.25. The molecule has 1 rings (SSSR count). The predicted molar refractivity (Wildman–Crippen MR) is 77.1 cm³/mol. The maximum atomic E-state index is 2.51. The van der Waals surface area contributed by atoms with Crippen LogP contribution in [-0.2, 0) is 0 Å². The largest absolute Gasteiger partial charge is 0.369 e. The maximum Gasteiger partial charge on any atom is 0.0551 e. The van der Waals surface area contributed by atoms with Crippen LogP contribution in [0, 0.1) is 0 Å². The standard InChI is InChI=1S/C16H29N/c1-4-6-7-8-9-11-14-17-15-12-10-13-16(17,3)5-2/h10,12-13,15H,4-9,11,14H2,1-3H3. The highest BCUT2D eigenvalue weighted by molar-refractivity contribution is 5.18. The molecule has 0 saturated carbocycles. The third-order valence-corrected chi connectivity index (χ3v) is 3.96. The molecular formula is C16H29N. The Kier molecular flexibility index (Phi) is 6.39. The van der Waals surface area contributed by atoms with Crippen LogP contribution >= 0.6 is 0 Å². The van der Waals surface area contributed by atoms with E-state index in [2.05, 4.69) is 50.1 Å². The molecule has 0 spiro atoms. The van der Waals surface area contributed by atoms with Gasteiger partial charge in [-0.3, -0.25) is 0 Å². The number of hydrogen-bond donors (Lipinski definition) is 0. The first-order valence-corrected chi connectivity index (χ1v) is 7.35. The van der Waals surface area contributed by atoms with Crippen molar-refractivity contribution in [3.05, 3.63) is 24.4 Å². The molecule has 0 aliphatic carbocycles. The Labute approximate surface area is 108 Å². The van der Waals surface area contributed by atoms with Gasteiger partial charge in [-0.05, 0) is 32.0 Å². The fourth-order valence-corrected chi connectivity index (χ4v) is 2.40. The monoisotopic (exact) mass is 235 g/mol. The molecule has 0 aromatic rings. The zero-order chi connectivity index (χ0) is 12.6. The summed E-state index contributed by atoms with van der Waals surface area (Å²) in [5.41, 5.74) is 0.248. The molecular weight excluding hydrogens is 206 g/mol. The molecule has 0 bridgehead atoms. The normalized spacial score (nSPS) is 23.4. The van der Waals surface area contributed by atoms with Crippen molar-refractivity contribution < 1.29 is 0 Å². The molecule has 0 radical (unpaired) electrons. The van der Waals surface area contributed by atoms with Crippen molar-refractivity contribution in [3.63, 3.8) is 0 Å². The molecule has 98 valence electrons. The van der Waals surface area contributed by atoms with Gasteiger partial charge < -0.3 is 4.90 Å². The van der Waals surface area contributed by atoms with Crippen molar-refractivity contribution in [1.82, 2.24) is 4.90 Å². The molecule has 1 aliphatic heterocycles. The fourth-order valence-electron chi connectivity index (χ4n) is 2.40. The van der Waals surface area contributed by atoms with Gasteiger partial charge in [0.05, 0.1) is 5.54 Å². The summed E-state index contributed by atoms with van der Waals surface area (Å²) in [5.74, 6) is 0. The third-order valence-electron chi connectivity index (χ3n) is 3.96. The van der Waals surface area contributed by atoms with Gasteiger partial charge in [0.2, 0.25) is 0 Å². The minimum absolute atomic E-state index is 0.248. The summed E-state index contributed by atoms with van der Waals surface area (Å²) in [6.07, 6.45) is 18.4. The minimum Gasteiger partial charge on any atom is -0.369 e. The summed E-state index contributed by atoms with van der Waals surface area (Å²) < 4.78 is 0. The van der Waals surface area contributed by atoms with Crippen molar-refractivity contribution in [3.8, 4) is 0 Å². The Morgan fingerprint density at radius 2 is 1.65 bits per heavy atom. The second-order valence-corrected chi connectivity index (χ2v) is 5.37. The van der Waals surface area contributed by atoms with Gasteiger partial charge in [-0.25, -0.2) is 0 Å². The Hall–Kier alpha value is -0.720. The van der Waals surface area contributed by atoms with E-state index in [1.807, 2.05) is 0 Å². The lowest BCUT2D eigenvalue weighted by atomic mass is 9.93. The van der Waals surface area contributed by atoms with Gasteiger partial charge in [0.25, 0.3) is 0 Å². The molecule has 1 atom stereocenters. The smallest absolute Gasteiger partial charge is 0.0551 e. The van der Waals surface area contributed by atoms with Gasteiger partial charge in [0.1, 0.15) is 0 Å². The minimum atomic E-state index is 0.248. The summed E-state index contributed by atoms with van der Waals surface area (Å²) in [6.45, 7) is 8.09. The van der Waals surface area contributed by atoms with Crippen LogP contribution in [0.2, 0.25) is 0 Å². The highest BCUT2D eigenvalue weighted by atomic mass is 15.2. The van der Waals surface area contributed by atoms with Crippen LogP contribution in [0.25, 0.3) is 0 Å². The van der Waals surface area contributed by atoms with Gasteiger partial charge >= 0.3 is 0 Å². The Morgan fingerprint density at radius 3 is 2.35 bits per heavy atom. The van der Waals surface area contributed by atoms with E-state index >= 15 is 0 Å². The molecule has 0 saturated heterocycles. The predicted octanol–water partition coefficient (Wildman–Crippen LogP) is 4.90. The van der Waals surface area contributed by atoms with Gasteiger partial charge in [-0.1, -0.05) is 58.1 Å². The zero-order valence-corrected chi connectivity index (χ0v) is 11.9. The molecule has 1 heteroatoms. The first kappa shape index (κ1) is 14.3. The van der Waals surface area contributed by atoms with E-state index in [4.69, 9.17) is 0 Å². The summed E-state index contributed by atoms with van der Waals surface area (Å²) in [5, 5.41) is 0. The van der Waals surface area contributed by atoms with Crippen molar-refractivity contribution in [1.29, 1.82) is 0 Å². The zero-order valence-electron chi connectivity index (χ0n) is 11.9. The molecule has 1 heterocycles. The average molecular weight is 235 g/mol. The quantitative estimate of drug-likeness (QED) is 0.541. The summed E-state index contributed by atoms with van der Waals surface area (Å²) in [6, 6.07) is 0. The summed E-state index contributed by atoms with van der Waals surface area (Å²) in [7, 11) is 0. The van der Waals surface area contributed by atoms with E-state index in [0.717, 1.165) is 0 Å². The lowest BCUT2D eigenvalue weighted by Gasteiger charge is -2.40. The Bertz CT molecular complexity index is 254. The molecule has 0 amide bonds. The SMILES string of the molecule is CCCCCCCCN1C=CC=CC1(C)CC. The van der Waals surface area contributed by atoms with Crippen LogP contribution in [0.5, 0.6) is 0 Å². The molecule has 1 unspecified atom stereocenters. The van der Waals surface area contributed by atoms with Crippen LogP contribution in [-0.4, -0.2) is 17.0 Å². The molecule has 0 fully saturated rings. The first-order valence-electron chi connectivity index (χ1n) is 7.35. The lowest BCUT2D eigenvalue weighted by Crippen LogP contribution is -2.42. The Balaban J connectivity index is 2.21. The van der Waals surface area contributed by atoms with Crippen LogP contribution in [0.1, 0.15) is 65.7 Å². The highest BCUT2D eigenvalue weighted by Gasteiger charge is 2.25. The van der Waals surface area contributed by atoms with Crippen molar-refractivity contribution in [2.75, 3.05) is 6.54 Å². The Morgan fingerprint density at radius 1 is 0.941 bits per heavy atom. The van der Waals surface area contributed by atoms with E-state index in [1.165, 1.54) is 51.5 Å². The van der Waals surface area contributed by atoms with Gasteiger partial charge in [-0.2, -0.15) is 0 Å². The van der Waals surface area contributed by atoms with Gasteiger partial charge in [0.15, 0.2) is 0 Å². The molecule has 0 aromatic carbocycles. The van der Waals surface area contributed by atoms with Crippen molar-refractivity contribution in [2.45, 2.75) is 71.3 Å². The van der Waals surface area contributed by atoms with Crippen LogP contribution < -0.4 is 0 Å². The van der Waals surface area contributed by atoms with Crippen LogP contribution in [0.15, 0.2) is 24.4 Å². The maximum absolute atomic E-state index is 2.51. The van der Waals surface area contributed by atoms with E-state index < -0.39 is 0 Å². The number of nitrogens with zero attached hydrogens (tertiary/aromatic N) is 1. The first-order chi connectivity index (χ1) is 8.23. The van der Waals surface area contributed by atoms with Crippen LogP contribution in [0.4, 0.5) is 0 Å². The number of rotatable bonds is 8. The van der Waals surface area contributed by atoms with Crippen molar-refractivity contribution >= 4 is 0 Å². The van der Waals surface area contributed by atoms with E-state index in [1.54, 1.807) is 0 Å². The number of hydrogen-bond acceptors (Lipinski definition) is 1. The molecule has 17 heavy (non-hydrogen) atoms. The third kappa shape index (κ3) is 4.57. The fraction of sp³-hybridized carbons (Fsp3) is 0.750. The van der Waals surface area contributed by atoms with Crippen molar-refractivity contribution in [2.24, 2.45) is 0 Å². The average Bonchev–Trinajstić information content (AvgIpc) is 2.36. The van der Waals surface area contributed by atoms with E-state index in [0.29, 0.717) is 0 Å². The molecule has 0 N–H and O–H groups in total. The van der Waals surface area contributed by atoms with Gasteiger partial charge in [0, 0.05) is 6.54 Å². The van der Waals surface area contributed by atoms with Crippen LogP contribution in [0.3, 0.4) is 0 Å². The van der Waals surface area contributed by atoms with Gasteiger partial charge in [-0.15, -0.1) is 0 Å². The summed E-state index contributed by atoms with van der Waals surface area (Å²) >= 11 is 0. The van der Waals surface area contributed by atoms with E-state index in [9.17, 15) is 0 Å². The second kappa shape index (κ2) is 7.58. The number of allylic oxidation sites excluding steroid dienone is 2.